The fourth-order valence-corrected chi connectivity index (χ4v) is 2.55. The Bertz CT molecular complexity index is 857. The third-order valence-electron chi connectivity index (χ3n) is 3.96. The van der Waals surface area contributed by atoms with Gasteiger partial charge in [-0.1, -0.05) is 51.1 Å². The summed E-state index contributed by atoms with van der Waals surface area (Å²) in [4.78, 5) is 19.2. The topological polar surface area (TPSA) is 45.8 Å². The Morgan fingerprint density at radius 2 is 1.70 bits per heavy atom. The molecule has 0 bridgehead atoms. The fourth-order valence-electron chi connectivity index (χ4n) is 2.55. The number of rotatable bonds is 2. The van der Waals surface area contributed by atoms with E-state index >= 15 is 0 Å². The molecule has 0 amide bonds. The molecule has 0 aliphatic rings. The van der Waals surface area contributed by atoms with Crippen LogP contribution in [-0.2, 0) is 5.41 Å². The van der Waals surface area contributed by atoms with Crippen molar-refractivity contribution in [2.45, 2.75) is 26.2 Å². The van der Waals surface area contributed by atoms with E-state index in [2.05, 4.69) is 42.9 Å². The fraction of sp³-hybridized carbons (Fsp3) is 0.200. The zero-order valence-electron chi connectivity index (χ0n) is 13.6. The highest BCUT2D eigenvalue weighted by molar-refractivity contribution is 5.71. The molecule has 0 saturated heterocycles. The predicted octanol–water partition coefficient (Wildman–Crippen LogP) is 4.40. The molecule has 0 aliphatic heterocycles. The van der Waals surface area contributed by atoms with Crippen molar-refractivity contribution in [1.29, 1.82) is 0 Å². The Balaban J connectivity index is 2.05. The van der Waals surface area contributed by atoms with Crippen LogP contribution in [0.25, 0.3) is 22.3 Å². The van der Waals surface area contributed by atoms with E-state index in [0.717, 1.165) is 16.7 Å². The van der Waals surface area contributed by atoms with Crippen LogP contribution >= 0.6 is 0 Å². The van der Waals surface area contributed by atoms with Gasteiger partial charge in [0.25, 0.3) is 5.56 Å². The second-order valence-corrected chi connectivity index (χ2v) is 6.70. The zero-order valence-corrected chi connectivity index (χ0v) is 13.6. The summed E-state index contributed by atoms with van der Waals surface area (Å²) in [6, 6.07) is 14.0. The number of H-pyrrole nitrogens is 1. The monoisotopic (exact) mass is 304 g/mol. The van der Waals surface area contributed by atoms with Crippen LogP contribution in [0, 0.1) is 0 Å². The van der Waals surface area contributed by atoms with Gasteiger partial charge < -0.3 is 4.98 Å². The van der Waals surface area contributed by atoms with Crippen LogP contribution in [0.2, 0.25) is 0 Å². The van der Waals surface area contributed by atoms with Crippen LogP contribution in [-0.4, -0.2) is 9.97 Å². The van der Waals surface area contributed by atoms with E-state index in [1.807, 2.05) is 30.3 Å². The molecular weight excluding hydrogens is 284 g/mol. The van der Waals surface area contributed by atoms with Crippen molar-refractivity contribution in [3.8, 4) is 22.3 Å². The van der Waals surface area contributed by atoms with Crippen LogP contribution in [0.5, 0.6) is 0 Å². The molecule has 0 aliphatic carbocycles. The number of nitrogens with one attached hydrogen (secondary N) is 1. The molecule has 3 rings (SSSR count). The van der Waals surface area contributed by atoms with Crippen LogP contribution in [0.4, 0.5) is 0 Å². The van der Waals surface area contributed by atoms with E-state index in [1.165, 1.54) is 5.56 Å². The normalized spacial score (nSPS) is 11.4. The van der Waals surface area contributed by atoms with Crippen molar-refractivity contribution in [2.75, 3.05) is 0 Å². The first-order valence-corrected chi connectivity index (χ1v) is 7.69. The van der Waals surface area contributed by atoms with Crippen molar-refractivity contribution in [2.24, 2.45) is 0 Å². The first-order valence-electron chi connectivity index (χ1n) is 7.69. The van der Waals surface area contributed by atoms with Crippen LogP contribution < -0.4 is 5.56 Å². The highest BCUT2D eigenvalue weighted by Gasteiger charge is 2.14. The minimum atomic E-state index is -0.0823. The summed E-state index contributed by atoms with van der Waals surface area (Å²) in [5, 5.41) is 0. The molecule has 0 saturated carbocycles. The van der Waals surface area contributed by atoms with E-state index in [4.69, 9.17) is 0 Å². The molecule has 2 heterocycles. The van der Waals surface area contributed by atoms with Crippen molar-refractivity contribution in [1.82, 2.24) is 9.97 Å². The van der Waals surface area contributed by atoms with E-state index in [0.29, 0.717) is 5.56 Å². The maximum Gasteiger partial charge on any atom is 0.255 e. The first kappa shape index (κ1) is 15.2. The molecule has 3 aromatic rings. The zero-order chi connectivity index (χ0) is 16.4. The van der Waals surface area contributed by atoms with Gasteiger partial charge in [-0.2, -0.15) is 0 Å². The third kappa shape index (κ3) is 3.24. The summed E-state index contributed by atoms with van der Waals surface area (Å²) in [7, 11) is 0. The van der Waals surface area contributed by atoms with Gasteiger partial charge in [0.15, 0.2) is 0 Å². The number of pyridine rings is 2. The second kappa shape index (κ2) is 5.84. The van der Waals surface area contributed by atoms with Crippen LogP contribution in [0.15, 0.2) is 65.8 Å². The van der Waals surface area contributed by atoms with Crippen LogP contribution in [0.3, 0.4) is 0 Å². The number of hydrogen-bond acceptors (Lipinski definition) is 2. The van der Waals surface area contributed by atoms with Gasteiger partial charge in [-0.15, -0.1) is 0 Å². The second-order valence-electron chi connectivity index (χ2n) is 6.70. The maximum absolute atomic E-state index is 12.2. The lowest BCUT2D eigenvalue weighted by Gasteiger charge is -2.19. The van der Waals surface area contributed by atoms with Gasteiger partial charge in [0.1, 0.15) is 0 Å². The molecule has 0 spiro atoms. The van der Waals surface area contributed by atoms with Crippen molar-refractivity contribution in [3.05, 3.63) is 77.0 Å². The van der Waals surface area contributed by atoms with Crippen molar-refractivity contribution >= 4 is 0 Å². The SMILES string of the molecule is CC(C)(C)c1ccc(-c2cc(-c3cccnc3)c[nH]c2=O)cc1. The van der Waals surface area contributed by atoms with Crippen molar-refractivity contribution < 1.29 is 0 Å². The van der Waals surface area contributed by atoms with Gasteiger partial charge in [0.2, 0.25) is 0 Å². The smallest absolute Gasteiger partial charge is 0.255 e. The number of aromatic amines is 1. The minimum absolute atomic E-state index is 0.0823. The lowest BCUT2D eigenvalue weighted by Crippen LogP contribution is -2.11. The summed E-state index contributed by atoms with van der Waals surface area (Å²) >= 11 is 0. The Kier molecular flexibility index (Phi) is 3.87. The molecule has 3 heteroatoms. The lowest BCUT2D eigenvalue weighted by atomic mass is 9.86. The summed E-state index contributed by atoms with van der Waals surface area (Å²) in [5.41, 5.74) is 4.80. The third-order valence-corrected chi connectivity index (χ3v) is 3.96. The van der Waals surface area contributed by atoms with E-state index in [9.17, 15) is 4.79 Å². The van der Waals surface area contributed by atoms with E-state index in [-0.39, 0.29) is 11.0 Å². The largest absolute Gasteiger partial charge is 0.328 e. The quantitative estimate of drug-likeness (QED) is 0.762. The molecule has 116 valence electrons. The van der Waals surface area contributed by atoms with Gasteiger partial charge >= 0.3 is 0 Å². The summed E-state index contributed by atoms with van der Waals surface area (Å²) < 4.78 is 0. The van der Waals surface area contributed by atoms with Gasteiger partial charge in [0, 0.05) is 35.3 Å². The minimum Gasteiger partial charge on any atom is -0.328 e. The summed E-state index contributed by atoms with van der Waals surface area (Å²) in [6.07, 6.45) is 5.26. The van der Waals surface area contributed by atoms with Gasteiger partial charge in [-0.05, 0) is 28.7 Å². The Morgan fingerprint density at radius 3 is 2.30 bits per heavy atom. The molecule has 1 aromatic carbocycles. The first-order chi connectivity index (χ1) is 10.9. The molecule has 0 atom stereocenters. The number of benzene rings is 1. The standard InChI is InChI=1S/C20H20N2O/c1-20(2,3)17-8-6-14(7-9-17)18-11-16(13-22-19(18)23)15-5-4-10-21-12-15/h4-13H,1-3H3,(H,22,23). The predicted molar refractivity (Wildman–Crippen MR) is 94.4 cm³/mol. The van der Waals surface area contributed by atoms with Gasteiger partial charge in [-0.3, -0.25) is 9.78 Å². The molecule has 0 unspecified atom stereocenters. The van der Waals surface area contributed by atoms with Gasteiger partial charge in [0.05, 0.1) is 0 Å². The lowest BCUT2D eigenvalue weighted by molar-refractivity contribution is 0.590. The maximum atomic E-state index is 12.2. The molecule has 23 heavy (non-hydrogen) atoms. The van der Waals surface area contributed by atoms with Gasteiger partial charge in [-0.25, -0.2) is 0 Å². The number of aromatic nitrogens is 2. The highest BCUT2D eigenvalue weighted by Crippen LogP contribution is 2.26. The Hall–Kier alpha value is -2.68. The van der Waals surface area contributed by atoms with E-state index in [1.54, 1.807) is 18.6 Å². The Labute approximate surface area is 136 Å². The molecule has 2 aromatic heterocycles. The molecule has 0 fully saturated rings. The number of nitrogens with zero attached hydrogens (tertiary/aromatic N) is 1. The highest BCUT2D eigenvalue weighted by atomic mass is 16.1. The van der Waals surface area contributed by atoms with Crippen LogP contribution in [0.1, 0.15) is 26.3 Å². The molecule has 0 radical (unpaired) electrons. The summed E-state index contributed by atoms with van der Waals surface area (Å²) in [5.74, 6) is 0. The average molecular weight is 304 g/mol. The number of hydrogen-bond donors (Lipinski definition) is 1. The molecular formula is C20H20N2O. The average Bonchev–Trinajstić information content (AvgIpc) is 2.55. The summed E-state index contributed by atoms with van der Waals surface area (Å²) in [6.45, 7) is 6.54. The Morgan fingerprint density at radius 1 is 0.957 bits per heavy atom. The molecule has 1 N–H and O–H groups in total. The van der Waals surface area contributed by atoms with Crippen molar-refractivity contribution in [3.63, 3.8) is 0 Å². The van der Waals surface area contributed by atoms with E-state index < -0.39 is 0 Å². The molecule has 3 nitrogen and oxygen atoms in total.